The number of halogens is 1. The molecule has 2 aromatic heterocycles. The Balaban J connectivity index is 2.29. The van der Waals surface area contributed by atoms with Gasteiger partial charge in [-0.15, -0.1) is 0 Å². The van der Waals surface area contributed by atoms with Crippen molar-refractivity contribution in [2.75, 3.05) is 6.61 Å². The largest absolute Gasteiger partial charge is 0.463 e. The number of aromatic nitrogens is 5. The molecule has 0 spiro atoms. The standard InChI is InChI=1S/C9H10ClN5O/c1-2-6-16-9-13-7(10)12-8(14-9)15-5-3-4-11-15/h3-5H,2,6H2,1H3. The summed E-state index contributed by atoms with van der Waals surface area (Å²) >= 11 is 5.76. The summed E-state index contributed by atoms with van der Waals surface area (Å²) in [5, 5.41) is 4.09. The van der Waals surface area contributed by atoms with Gasteiger partial charge in [-0.1, -0.05) is 6.92 Å². The molecule has 7 heteroatoms. The highest BCUT2D eigenvalue weighted by Gasteiger charge is 2.07. The van der Waals surface area contributed by atoms with E-state index in [2.05, 4.69) is 20.1 Å². The maximum Gasteiger partial charge on any atom is 0.322 e. The molecule has 0 saturated carbocycles. The van der Waals surface area contributed by atoms with E-state index < -0.39 is 0 Å². The molecular weight excluding hydrogens is 230 g/mol. The van der Waals surface area contributed by atoms with Crippen LogP contribution in [0.2, 0.25) is 5.28 Å². The molecule has 2 aromatic rings. The molecule has 0 aromatic carbocycles. The van der Waals surface area contributed by atoms with Crippen LogP contribution >= 0.6 is 11.6 Å². The van der Waals surface area contributed by atoms with Gasteiger partial charge in [0.25, 0.3) is 5.95 Å². The van der Waals surface area contributed by atoms with Crippen LogP contribution in [0.15, 0.2) is 18.5 Å². The summed E-state index contributed by atoms with van der Waals surface area (Å²) in [6.07, 6.45) is 4.22. The van der Waals surface area contributed by atoms with E-state index in [1.165, 1.54) is 4.68 Å². The van der Waals surface area contributed by atoms with E-state index in [9.17, 15) is 0 Å². The van der Waals surface area contributed by atoms with Gasteiger partial charge in [0, 0.05) is 12.4 Å². The lowest BCUT2D eigenvalue weighted by molar-refractivity contribution is 0.290. The van der Waals surface area contributed by atoms with Gasteiger partial charge in [-0.05, 0) is 24.1 Å². The van der Waals surface area contributed by atoms with Crippen molar-refractivity contribution < 1.29 is 4.74 Å². The first-order valence-electron chi connectivity index (χ1n) is 4.84. The van der Waals surface area contributed by atoms with E-state index in [1.54, 1.807) is 18.5 Å². The smallest absolute Gasteiger partial charge is 0.322 e. The number of hydrogen-bond acceptors (Lipinski definition) is 5. The normalized spacial score (nSPS) is 10.4. The van der Waals surface area contributed by atoms with E-state index in [4.69, 9.17) is 16.3 Å². The predicted octanol–water partition coefficient (Wildman–Crippen LogP) is 1.50. The molecule has 0 fully saturated rings. The SMILES string of the molecule is CCCOc1nc(Cl)nc(-n2cccn2)n1. The molecule has 0 N–H and O–H groups in total. The minimum Gasteiger partial charge on any atom is -0.463 e. The van der Waals surface area contributed by atoms with Gasteiger partial charge >= 0.3 is 6.01 Å². The molecule has 0 radical (unpaired) electrons. The summed E-state index contributed by atoms with van der Waals surface area (Å²) in [7, 11) is 0. The fraction of sp³-hybridized carbons (Fsp3) is 0.333. The second-order valence-corrected chi connectivity index (χ2v) is 3.32. The summed E-state index contributed by atoms with van der Waals surface area (Å²) in [4.78, 5) is 11.9. The number of rotatable bonds is 4. The summed E-state index contributed by atoms with van der Waals surface area (Å²) in [5.74, 6) is 0.344. The Kier molecular flexibility index (Phi) is 3.31. The van der Waals surface area contributed by atoms with Crippen LogP contribution in [0.1, 0.15) is 13.3 Å². The predicted molar refractivity (Wildman–Crippen MR) is 57.7 cm³/mol. The summed E-state index contributed by atoms with van der Waals surface area (Å²) in [6.45, 7) is 2.54. The van der Waals surface area contributed by atoms with Crippen LogP contribution in [-0.2, 0) is 0 Å². The van der Waals surface area contributed by atoms with E-state index in [1.807, 2.05) is 6.92 Å². The van der Waals surface area contributed by atoms with E-state index in [0.717, 1.165) is 6.42 Å². The Morgan fingerprint density at radius 1 is 1.38 bits per heavy atom. The average molecular weight is 240 g/mol. The zero-order chi connectivity index (χ0) is 11.4. The Labute approximate surface area is 97.3 Å². The van der Waals surface area contributed by atoms with Crippen molar-refractivity contribution in [3.63, 3.8) is 0 Å². The van der Waals surface area contributed by atoms with Crippen LogP contribution in [0.4, 0.5) is 0 Å². The molecule has 0 aliphatic heterocycles. The first-order chi connectivity index (χ1) is 7.79. The first-order valence-corrected chi connectivity index (χ1v) is 5.22. The molecular formula is C9H10ClN5O. The van der Waals surface area contributed by atoms with Crippen LogP contribution in [0.3, 0.4) is 0 Å². The van der Waals surface area contributed by atoms with Gasteiger partial charge in [0.15, 0.2) is 0 Å². The molecule has 84 valence electrons. The highest BCUT2D eigenvalue weighted by molar-refractivity contribution is 6.28. The highest BCUT2D eigenvalue weighted by atomic mass is 35.5. The highest BCUT2D eigenvalue weighted by Crippen LogP contribution is 2.10. The van der Waals surface area contributed by atoms with Crippen LogP contribution in [0.5, 0.6) is 6.01 Å². The van der Waals surface area contributed by atoms with Crippen LogP contribution in [-0.4, -0.2) is 31.3 Å². The number of hydrogen-bond donors (Lipinski definition) is 0. The molecule has 6 nitrogen and oxygen atoms in total. The number of nitrogens with zero attached hydrogens (tertiary/aromatic N) is 5. The average Bonchev–Trinajstić information content (AvgIpc) is 2.79. The number of ether oxygens (including phenoxy) is 1. The summed E-state index contributed by atoms with van der Waals surface area (Å²) < 4.78 is 6.78. The summed E-state index contributed by atoms with van der Waals surface area (Å²) in [6, 6.07) is 1.98. The minimum atomic E-state index is 0.0894. The fourth-order valence-electron chi connectivity index (χ4n) is 1.07. The van der Waals surface area contributed by atoms with Crippen LogP contribution < -0.4 is 4.74 Å². The second kappa shape index (κ2) is 4.89. The zero-order valence-corrected chi connectivity index (χ0v) is 9.42. The lowest BCUT2D eigenvalue weighted by Crippen LogP contribution is -2.07. The Bertz CT molecular complexity index is 459. The molecule has 16 heavy (non-hydrogen) atoms. The Morgan fingerprint density at radius 3 is 2.94 bits per heavy atom. The molecule has 0 aliphatic rings. The van der Waals surface area contributed by atoms with E-state index in [0.29, 0.717) is 12.6 Å². The maximum absolute atomic E-state index is 5.76. The van der Waals surface area contributed by atoms with Crippen molar-refractivity contribution in [3.8, 4) is 12.0 Å². The van der Waals surface area contributed by atoms with Gasteiger partial charge in [-0.3, -0.25) is 0 Å². The minimum absolute atomic E-state index is 0.0894. The third kappa shape index (κ3) is 2.46. The third-order valence-corrected chi connectivity index (χ3v) is 1.89. The lowest BCUT2D eigenvalue weighted by Gasteiger charge is -2.04. The van der Waals surface area contributed by atoms with Crippen molar-refractivity contribution in [1.82, 2.24) is 24.7 Å². The van der Waals surface area contributed by atoms with Gasteiger partial charge in [-0.25, -0.2) is 4.68 Å². The quantitative estimate of drug-likeness (QED) is 0.809. The molecule has 2 rings (SSSR count). The Hall–Kier alpha value is -1.69. The molecule has 0 unspecified atom stereocenters. The van der Waals surface area contributed by atoms with Gasteiger partial charge in [-0.2, -0.15) is 20.1 Å². The maximum atomic E-state index is 5.76. The first kappa shape index (κ1) is 10.8. The monoisotopic (exact) mass is 239 g/mol. The van der Waals surface area contributed by atoms with Crippen molar-refractivity contribution >= 4 is 11.6 Å². The van der Waals surface area contributed by atoms with Gasteiger partial charge in [0.05, 0.1) is 6.61 Å². The van der Waals surface area contributed by atoms with E-state index in [-0.39, 0.29) is 11.3 Å². The van der Waals surface area contributed by atoms with Crippen molar-refractivity contribution in [1.29, 1.82) is 0 Å². The lowest BCUT2D eigenvalue weighted by atomic mass is 10.5. The fourth-order valence-corrected chi connectivity index (χ4v) is 1.22. The molecule has 0 aliphatic carbocycles. The van der Waals surface area contributed by atoms with Crippen molar-refractivity contribution in [2.24, 2.45) is 0 Å². The van der Waals surface area contributed by atoms with Crippen molar-refractivity contribution in [3.05, 3.63) is 23.7 Å². The van der Waals surface area contributed by atoms with E-state index >= 15 is 0 Å². The molecule has 2 heterocycles. The zero-order valence-electron chi connectivity index (χ0n) is 8.67. The molecule has 0 atom stereocenters. The van der Waals surface area contributed by atoms with Gasteiger partial charge in [0.2, 0.25) is 5.28 Å². The summed E-state index contributed by atoms with van der Waals surface area (Å²) in [5.41, 5.74) is 0. The topological polar surface area (TPSA) is 65.7 Å². The van der Waals surface area contributed by atoms with Gasteiger partial charge < -0.3 is 4.74 Å². The second-order valence-electron chi connectivity index (χ2n) is 2.99. The molecule has 0 saturated heterocycles. The molecule has 0 bridgehead atoms. The van der Waals surface area contributed by atoms with Crippen LogP contribution in [0.25, 0.3) is 5.95 Å². The molecule has 0 amide bonds. The van der Waals surface area contributed by atoms with Gasteiger partial charge in [0.1, 0.15) is 0 Å². The Morgan fingerprint density at radius 2 is 2.25 bits per heavy atom. The van der Waals surface area contributed by atoms with Crippen molar-refractivity contribution in [2.45, 2.75) is 13.3 Å². The third-order valence-electron chi connectivity index (χ3n) is 1.72. The van der Waals surface area contributed by atoms with Crippen LogP contribution in [0, 0.1) is 0 Å².